The summed E-state index contributed by atoms with van der Waals surface area (Å²) in [5, 5.41) is 6.11. The van der Waals surface area contributed by atoms with Gasteiger partial charge in [-0.2, -0.15) is 0 Å². The average Bonchev–Trinajstić information content (AvgIpc) is 3.06. The first-order valence-electron chi connectivity index (χ1n) is 6.71. The van der Waals surface area contributed by atoms with Gasteiger partial charge in [0, 0.05) is 12.6 Å². The van der Waals surface area contributed by atoms with Gasteiger partial charge in [0.1, 0.15) is 0 Å². The van der Waals surface area contributed by atoms with E-state index in [4.69, 9.17) is 0 Å². The molecule has 0 aromatic heterocycles. The van der Waals surface area contributed by atoms with Gasteiger partial charge in [-0.3, -0.25) is 0 Å². The number of hydrogen-bond acceptors (Lipinski definition) is 1. The summed E-state index contributed by atoms with van der Waals surface area (Å²) in [6.07, 6.45) is 6.28. The largest absolute Gasteiger partial charge is 0.338 e. The predicted molar refractivity (Wildman–Crippen MR) is 65.2 cm³/mol. The lowest BCUT2D eigenvalue weighted by Crippen LogP contribution is -2.48. The third-order valence-electron chi connectivity index (χ3n) is 4.27. The fraction of sp³-hybridized carbons (Fsp3) is 0.923. The second kappa shape index (κ2) is 5.07. The Bertz CT molecular complexity index is 250. The lowest BCUT2D eigenvalue weighted by atomic mass is 9.78. The Kier molecular flexibility index (Phi) is 3.72. The Morgan fingerprint density at radius 3 is 2.62 bits per heavy atom. The molecule has 2 fully saturated rings. The molecule has 0 heterocycles. The number of carbonyl (C=O) groups excluding carboxylic acids is 1. The summed E-state index contributed by atoms with van der Waals surface area (Å²) in [6, 6.07) is 0.417. The van der Waals surface area contributed by atoms with Crippen LogP contribution in [-0.4, -0.2) is 18.6 Å². The van der Waals surface area contributed by atoms with E-state index in [2.05, 4.69) is 24.5 Å². The maximum absolute atomic E-state index is 11.7. The Morgan fingerprint density at radius 2 is 1.94 bits per heavy atom. The lowest BCUT2D eigenvalue weighted by Gasteiger charge is -2.34. The van der Waals surface area contributed by atoms with Crippen LogP contribution in [0.4, 0.5) is 4.79 Å². The monoisotopic (exact) mass is 224 g/mol. The van der Waals surface area contributed by atoms with Crippen LogP contribution in [0.1, 0.15) is 46.0 Å². The molecule has 2 aliphatic carbocycles. The van der Waals surface area contributed by atoms with E-state index in [0.29, 0.717) is 12.0 Å². The fourth-order valence-electron chi connectivity index (χ4n) is 2.56. The van der Waals surface area contributed by atoms with Gasteiger partial charge in [-0.05, 0) is 37.0 Å². The topological polar surface area (TPSA) is 41.1 Å². The smallest absolute Gasteiger partial charge is 0.315 e. The molecular formula is C13H24N2O. The number of urea groups is 1. The summed E-state index contributed by atoms with van der Waals surface area (Å²) in [7, 11) is 0. The van der Waals surface area contributed by atoms with Gasteiger partial charge in [0.15, 0.2) is 0 Å². The van der Waals surface area contributed by atoms with Crippen molar-refractivity contribution in [3.8, 4) is 0 Å². The maximum atomic E-state index is 11.7. The average molecular weight is 224 g/mol. The SMILES string of the molecule is C[C@@H]1[C@H](C)CCC[C@@H]1NC(=O)NCC1CC1. The summed E-state index contributed by atoms with van der Waals surface area (Å²) in [5.41, 5.74) is 0. The molecule has 2 saturated carbocycles. The molecule has 0 unspecified atom stereocenters. The first-order valence-corrected chi connectivity index (χ1v) is 6.71. The van der Waals surface area contributed by atoms with Crippen molar-refractivity contribution in [2.75, 3.05) is 6.54 Å². The van der Waals surface area contributed by atoms with Crippen LogP contribution in [0.3, 0.4) is 0 Å². The Labute approximate surface area is 98.4 Å². The molecule has 16 heavy (non-hydrogen) atoms. The Balaban J connectivity index is 1.71. The molecule has 2 rings (SSSR count). The zero-order valence-electron chi connectivity index (χ0n) is 10.5. The molecule has 3 atom stereocenters. The highest BCUT2D eigenvalue weighted by Crippen LogP contribution is 2.29. The van der Waals surface area contributed by atoms with Crippen LogP contribution in [0.25, 0.3) is 0 Å². The van der Waals surface area contributed by atoms with Crippen LogP contribution in [0.5, 0.6) is 0 Å². The summed E-state index contributed by atoms with van der Waals surface area (Å²) < 4.78 is 0. The van der Waals surface area contributed by atoms with E-state index in [1.54, 1.807) is 0 Å². The molecule has 0 radical (unpaired) electrons. The van der Waals surface area contributed by atoms with Gasteiger partial charge < -0.3 is 10.6 Å². The lowest BCUT2D eigenvalue weighted by molar-refractivity contribution is 0.195. The van der Waals surface area contributed by atoms with Gasteiger partial charge in [0.2, 0.25) is 0 Å². The Hall–Kier alpha value is -0.730. The number of nitrogens with one attached hydrogen (secondary N) is 2. The molecule has 3 nitrogen and oxygen atoms in total. The number of amides is 2. The molecule has 0 bridgehead atoms. The predicted octanol–water partition coefficient (Wildman–Crippen LogP) is 2.52. The molecule has 0 saturated heterocycles. The quantitative estimate of drug-likeness (QED) is 0.760. The first kappa shape index (κ1) is 11.7. The van der Waals surface area contributed by atoms with E-state index in [0.717, 1.165) is 24.8 Å². The molecule has 2 N–H and O–H groups in total. The summed E-state index contributed by atoms with van der Waals surface area (Å²) in [4.78, 5) is 11.7. The molecule has 2 aliphatic rings. The third-order valence-corrected chi connectivity index (χ3v) is 4.27. The minimum atomic E-state index is 0.0397. The van der Waals surface area contributed by atoms with Crippen molar-refractivity contribution >= 4 is 6.03 Å². The second-order valence-corrected chi connectivity index (χ2v) is 5.67. The molecule has 0 spiro atoms. The molecule has 0 aliphatic heterocycles. The molecule has 92 valence electrons. The van der Waals surface area contributed by atoms with E-state index < -0.39 is 0 Å². The van der Waals surface area contributed by atoms with Crippen LogP contribution in [-0.2, 0) is 0 Å². The van der Waals surface area contributed by atoms with Crippen LogP contribution in [0.15, 0.2) is 0 Å². The van der Waals surface area contributed by atoms with Gasteiger partial charge in [-0.1, -0.05) is 26.7 Å². The summed E-state index contributed by atoms with van der Waals surface area (Å²) in [6.45, 7) is 5.42. The van der Waals surface area contributed by atoms with E-state index in [9.17, 15) is 4.79 Å². The number of hydrogen-bond donors (Lipinski definition) is 2. The minimum absolute atomic E-state index is 0.0397. The van der Waals surface area contributed by atoms with Crippen LogP contribution >= 0.6 is 0 Å². The maximum Gasteiger partial charge on any atom is 0.315 e. The van der Waals surface area contributed by atoms with Crippen LogP contribution in [0, 0.1) is 17.8 Å². The normalized spacial score (nSPS) is 34.5. The standard InChI is InChI=1S/C13H24N2O/c1-9-4-3-5-12(10(9)2)15-13(16)14-8-11-6-7-11/h9-12H,3-8H2,1-2H3,(H2,14,15,16)/t9-,10-,12+/m1/s1. The Morgan fingerprint density at radius 1 is 1.19 bits per heavy atom. The molecule has 0 aromatic rings. The van der Waals surface area contributed by atoms with Crippen molar-refractivity contribution in [2.24, 2.45) is 17.8 Å². The van der Waals surface area contributed by atoms with Gasteiger partial charge >= 0.3 is 6.03 Å². The van der Waals surface area contributed by atoms with Crippen molar-refractivity contribution in [3.63, 3.8) is 0 Å². The van der Waals surface area contributed by atoms with E-state index in [1.807, 2.05) is 0 Å². The van der Waals surface area contributed by atoms with Crippen molar-refractivity contribution in [1.82, 2.24) is 10.6 Å². The number of carbonyl (C=O) groups is 1. The molecule has 2 amide bonds. The molecule has 0 aromatic carbocycles. The zero-order valence-corrected chi connectivity index (χ0v) is 10.5. The van der Waals surface area contributed by atoms with Crippen LogP contribution in [0.2, 0.25) is 0 Å². The summed E-state index contributed by atoms with van der Waals surface area (Å²) in [5.74, 6) is 2.11. The zero-order chi connectivity index (χ0) is 11.5. The minimum Gasteiger partial charge on any atom is -0.338 e. The van der Waals surface area contributed by atoms with Gasteiger partial charge in [-0.25, -0.2) is 4.79 Å². The fourth-order valence-corrected chi connectivity index (χ4v) is 2.56. The van der Waals surface area contributed by atoms with Crippen molar-refractivity contribution in [1.29, 1.82) is 0 Å². The molecular weight excluding hydrogens is 200 g/mol. The highest BCUT2D eigenvalue weighted by atomic mass is 16.2. The van der Waals surface area contributed by atoms with Crippen molar-refractivity contribution in [2.45, 2.75) is 52.0 Å². The van der Waals surface area contributed by atoms with Crippen molar-refractivity contribution < 1.29 is 4.79 Å². The van der Waals surface area contributed by atoms with E-state index in [-0.39, 0.29) is 6.03 Å². The van der Waals surface area contributed by atoms with Crippen molar-refractivity contribution in [3.05, 3.63) is 0 Å². The summed E-state index contributed by atoms with van der Waals surface area (Å²) >= 11 is 0. The van der Waals surface area contributed by atoms with Crippen LogP contribution < -0.4 is 10.6 Å². The highest BCUT2D eigenvalue weighted by molar-refractivity contribution is 5.74. The molecule has 3 heteroatoms. The highest BCUT2D eigenvalue weighted by Gasteiger charge is 2.28. The van der Waals surface area contributed by atoms with E-state index >= 15 is 0 Å². The number of rotatable bonds is 3. The first-order chi connectivity index (χ1) is 7.66. The van der Waals surface area contributed by atoms with Gasteiger partial charge in [-0.15, -0.1) is 0 Å². The third kappa shape index (κ3) is 3.13. The van der Waals surface area contributed by atoms with E-state index in [1.165, 1.54) is 25.7 Å². The van der Waals surface area contributed by atoms with Gasteiger partial charge in [0.05, 0.1) is 0 Å². The second-order valence-electron chi connectivity index (χ2n) is 5.67. The van der Waals surface area contributed by atoms with Gasteiger partial charge in [0.25, 0.3) is 0 Å².